The molecule has 0 aliphatic heterocycles. The molecule has 174 valence electrons. The summed E-state index contributed by atoms with van der Waals surface area (Å²) in [4.78, 5) is 27.1. The molecule has 1 aliphatic carbocycles. The predicted molar refractivity (Wildman–Crippen MR) is 125 cm³/mol. The van der Waals surface area contributed by atoms with E-state index in [0.717, 1.165) is 36.1 Å². The van der Waals surface area contributed by atoms with Gasteiger partial charge in [-0.2, -0.15) is 0 Å². The number of nitrogens with one attached hydrogen (secondary N) is 1. The topological polar surface area (TPSA) is 83.1 Å². The van der Waals surface area contributed by atoms with Gasteiger partial charge >= 0.3 is 5.97 Å². The fourth-order valence-corrected chi connectivity index (χ4v) is 5.04. The SMILES string of the molecule is CCOC(=O)c1c(NC(=O)c2cc(OCC)c(OCC)c(OCC)c2)sc2c1CCCC2. The number of thiophene rings is 1. The highest BCUT2D eigenvalue weighted by atomic mass is 32.1. The van der Waals surface area contributed by atoms with Crippen molar-refractivity contribution in [3.8, 4) is 17.2 Å². The van der Waals surface area contributed by atoms with E-state index >= 15 is 0 Å². The van der Waals surface area contributed by atoms with Gasteiger partial charge in [0.25, 0.3) is 5.91 Å². The average molecular weight is 462 g/mol. The maximum atomic E-state index is 13.2. The second-order valence-electron chi connectivity index (χ2n) is 7.19. The molecule has 32 heavy (non-hydrogen) atoms. The number of ether oxygens (including phenoxy) is 4. The first-order valence-corrected chi connectivity index (χ1v) is 12.0. The van der Waals surface area contributed by atoms with Gasteiger partial charge in [-0.05, 0) is 71.1 Å². The second kappa shape index (κ2) is 11.2. The van der Waals surface area contributed by atoms with Crippen LogP contribution in [-0.4, -0.2) is 38.3 Å². The monoisotopic (exact) mass is 461 g/mol. The van der Waals surface area contributed by atoms with Gasteiger partial charge in [-0.1, -0.05) is 0 Å². The summed E-state index contributed by atoms with van der Waals surface area (Å²) in [5, 5.41) is 3.47. The van der Waals surface area contributed by atoms with Gasteiger partial charge in [-0.15, -0.1) is 11.3 Å². The summed E-state index contributed by atoms with van der Waals surface area (Å²) in [7, 11) is 0. The van der Waals surface area contributed by atoms with Crippen molar-refractivity contribution < 1.29 is 28.5 Å². The van der Waals surface area contributed by atoms with Crippen LogP contribution in [0.3, 0.4) is 0 Å². The number of amides is 1. The molecule has 3 rings (SSSR count). The first-order valence-electron chi connectivity index (χ1n) is 11.2. The maximum absolute atomic E-state index is 13.2. The minimum atomic E-state index is -0.390. The Bertz CT molecular complexity index is 941. The molecule has 0 fully saturated rings. The summed E-state index contributed by atoms with van der Waals surface area (Å²) in [6.07, 6.45) is 3.84. The van der Waals surface area contributed by atoms with E-state index < -0.39 is 0 Å². The van der Waals surface area contributed by atoms with Crippen molar-refractivity contribution in [3.05, 3.63) is 33.7 Å². The Morgan fingerprint density at radius 3 is 2.12 bits per heavy atom. The largest absolute Gasteiger partial charge is 0.490 e. The number of carbonyl (C=O) groups excluding carboxylic acids is 2. The number of fused-ring (bicyclic) bond motifs is 1. The smallest absolute Gasteiger partial charge is 0.341 e. The van der Waals surface area contributed by atoms with Crippen LogP contribution in [0.25, 0.3) is 0 Å². The Hall–Kier alpha value is -2.74. The van der Waals surface area contributed by atoms with Gasteiger partial charge < -0.3 is 24.3 Å². The quantitative estimate of drug-likeness (QED) is 0.487. The van der Waals surface area contributed by atoms with Crippen LogP contribution in [0.1, 0.15) is 71.7 Å². The molecular weight excluding hydrogens is 430 g/mol. The number of aryl methyl sites for hydroxylation is 1. The molecule has 0 bridgehead atoms. The van der Waals surface area contributed by atoms with Gasteiger partial charge in [0, 0.05) is 10.4 Å². The molecule has 0 spiro atoms. The third-order valence-electron chi connectivity index (χ3n) is 5.05. The van der Waals surface area contributed by atoms with Gasteiger partial charge in [-0.25, -0.2) is 4.79 Å². The molecule has 1 amide bonds. The number of hydrogen-bond acceptors (Lipinski definition) is 7. The van der Waals surface area contributed by atoms with Gasteiger partial charge in [-0.3, -0.25) is 4.79 Å². The van der Waals surface area contributed by atoms with Gasteiger partial charge in [0.1, 0.15) is 5.00 Å². The minimum absolute atomic E-state index is 0.283. The second-order valence-corrected chi connectivity index (χ2v) is 8.30. The molecule has 7 nitrogen and oxygen atoms in total. The van der Waals surface area contributed by atoms with E-state index in [1.54, 1.807) is 19.1 Å². The Morgan fingerprint density at radius 1 is 0.906 bits per heavy atom. The summed E-state index contributed by atoms with van der Waals surface area (Å²) in [6, 6.07) is 3.29. The van der Waals surface area contributed by atoms with Crippen LogP contribution in [-0.2, 0) is 17.6 Å². The van der Waals surface area contributed by atoms with Crippen molar-refractivity contribution in [1.29, 1.82) is 0 Å². The zero-order chi connectivity index (χ0) is 23.1. The summed E-state index contributed by atoms with van der Waals surface area (Å²) >= 11 is 1.46. The van der Waals surface area contributed by atoms with Crippen molar-refractivity contribution in [2.24, 2.45) is 0 Å². The Kier molecular flexibility index (Phi) is 8.39. The molecule has 1 aromatic heterocycles. The molecule has 0 unspecified atom stereocenters. The van der Waals surface area contributed by atoms with Crippen molar-refractivity contribution in [2.45, 2.75) is 53.4 Å². The molecule has 1 aromatic carbocycles. The van der Waals surface area contributed by atoms with Crippen LogP contribution in [0.2, 0.25) is 0 Å². The van der Waals surface area contributed by atoms with Crippen molar-refractivity contribution in [1.82, 2.24) is 0 Å². The lowest BCUT2D eigenvalue weighted by Gasteiger charge is -2.17. The van der Waals surface area contributed by atoms with Gasteiger partial charge in [0.2, 0.25) is 5.75 Å². The lowest BCUT2D eigenvalue weighted by molar-refractivity contribution is 0.0526. The standard InChI is InChI=1S/C24H31NO6S/c1-5-28-17-13-15(14-18(29-6-2)21(17)30-7-3)22(26)25-23-20(24(27)31-8-4)16-11-9-10-12-19(16)32-23/h13-14H,5-12H2,1-4H3,(H,25,26). The van der Waals surface area contributed by atoms with E-state index in [9.17, 15) is 9.59 Å². The van der Waals surface area contributed by atoms with Crippen LogP contribution >= 0.6 is 11.3 Å². The number of rotatable bonds is 10. The first kappa shape index (κ1) is 23.9. The third-order valence-corrected chi connectivity index (χ3v) is 6.26. The molecular formula is C24H31NO6S. The molecule has 2 aromatic rings. The van der Waals surface area contributed by atoms with Crippen LogP contribution in [0.15, 0.2) is 12.1 Å². The highest BCUT2D eigenvalue weighted by Crippen LogP contribution is 2.41. The zero-order valence-corrected chi connectivity index (χ0v) is 20.0. The first-order chi connectivity index (χ1) is 15.5. The molecule has 0 radical (unpaired) electrons. The van der Waals surface area contributed by atoms with Crippen LogP contribution in [0.4, 0.5) is 5.00 Å². The zero-order valence-electron chi connectivity index (χ0n) is 19.2. The van der Waals surface area contributed by atoms with Crippen LogP contribution < -0.4 is 19.5 Å². The lowest BCUT2D eigenvalue weighted by Crippen LogP contribution is -2.16. The Labute approximate surface area is 193 Å². The van der Waals surface area contributed by atoms with E-state index in [4.69, 9.17) is 18.9 Å². The predicted octanol–water partition coefficient (Wildman–Crippen LogP) is 5.25. The highest BCUT2D eigenvalue weighted by molar-refractivity contribution is 7.17. The lowest BCUT2D eigenvalue weighted by atomic mass is 9.95. The number of esters is 1. The van der Waals surface area contributed by atoms with Crippen molar-refractivity contribution >= 4 is 28.2 Å². The summed E-state index contributed by atoms with van der Waals surface area (Å²) in [6.45, 7) is 8.94. The van der Waals surface area contributed by atoms with E-state index in [1.807, 2.05) is 20.8 Å². The van der Waals surface area contributed by atoms with E-state index in [1.165, 1.54) is 11.3 Å². The molecule has 1 heterocycles. The van der Waals surface area contributed by atoms with Crippen LogP contribution in [0, 0.1) is 0 Å². The molecule has 8 heteroatoms. The number of carbonyl (C=O) groups is 2. The van der Waals surface area contributed by atoms with E-state index in [0.29, 0.717) is 53.2 Å². The normalized spacial score (nSPS) is 12.6. The van der Waals surface area contributed by atoms with Crippen LogP contribution in [0.5, 0.6) is 17.2 Å². The van der Waals surface area contributed by atoms with Gasteiger partial charge in [0.05, 0.1) is 32.0 Å². The summed E-state index contributed by atoms with van der Waals surface area (Å²) in [5.41, 5.74) is 1.86. The fraction of sp³-hybridized carbons (Fsp3) is 0.500. The van der Waals surface area contributed by atoms with Crippen molar-refractivity contribution in [2.75, 3.05) is 31.7 Å². The molecule has 0 saturated heterocycles. The molecule has 1 aliphatic rings. The molecule has 1 N–H and O–H groups in total. The number of benzene rings is 1. The molecule has 0 saturated carbocycles. The van der Waals surface area contributed by atoms with E-state index in [-0.39, 0.29) is 18.5 Å². The maximum Gasteiger partial charge on any atom is 0.341 e. The molecule has 0 atom stereocenters. The summed E-state index contributed by atoms with van der Waals surface area (Å²) < 4.78 is 22.4. The average Bonchev–Trinajstić information content (AvgIpc) is 3.14. The Morgan fingerprint density at radius 2 is 1.53 bits per heavy atom. The van der Waals surface area contributed by atoms with Gasteiger partial charge in [0.15, 0.2) is 11.5 Å². The minimum Gasteiger partial charge on any atom is -0.490 e. The third kappa shape index (κ3) is 5.18. The number of hydrogen-bond donors (Lipinski definition) is 1. The highest BCUT2D eigenvalue weighted by Gasteiger charge is 2.28. The summed E-state index contributed by atoms with van der Waals surface area (Å²) in [5.74, 6) is 0.632. The fourth-order valence-electron chi connectivity index (χ4n) is 3.77. The van der Waals surface area contributed by atoms with Crippen molar-refractivity contribution in [3.63, 3.8) is 0 Å². The number of anilines is 1. The van der Waals surface area contributed by atoms with E-state index in [2.05, 4.69) is 5.32 Å². The Balaban J connectivity index is 1.98.